The van der Waals surface area contributed by atoms with Crippen molar-refractivity contribution in [2.45, 2.75) is 36.5 Å². The van der Waals surface area contributed by atoms with Crippen LogP contribution in [0.5, 0.6) is 0 Å². The lowest BCUT2D eigenvalue weighted by atomic mass is 10.1. The van der Waals surface area contributed by atoms with Gasteiger partial charge in [-0.25, -0.2) is 9.78 Å². The maximum atomic E-state index is 12.4. The molecular weight excluding hydrogens is 360 g/mol. The number of aryl methyl sites for hydroxylation is 1. The molecule has 0 saturated heterocycles. The smallest absolute Gasteiger partial charge is 0.319 e. The van der Waals surface area contributed by atoms with E-state index in [1.165, 1.54) is 0 Å². The second-order valence-corrected chi connectivity index (χ2v) is 7.28. The van der Waals surface area contributed by atoms with Crippen LogP contribution in [0.15, 0.2) is 64.4 Å². The van der Waals surface area contributed by atoms with E-state index >= 15 is 0 Å². The van der Waals surface area contributed by atoms with E-state index in [2.05, 4.69) is 22.5 Å². The van der Waals surface area contributed by atoms with E-state index in [4.69, 9.17) is 4.42 Å². The van der Waals surface area contributed by atoms with Gasteiger partial charge in [-0.15, -0.1) is 11.8 Å². The van der Waals surface area contributed by atoms with E-state index in [9.17, 15) is 4.79 Å². The van der Waals surface area contributed by atoms with Gasteiger partial charge in [0, 0.05) is 30.0 Å². The first-order chi connectivity index (χ1) is 13.2. The minimum Gasteiger partial charge on any atom is -0.468 e. The van der Waals surface area contributed by atoms with Gasteiger partial charge in [-0.05, 0) is 42.8 Å². The van der Waals surface area contributed by atoms with Gasteiger partial charge in [0.25, 0.3) is 0 Å². The van der Waals surface area contributed by atoms with Gasteiger partial charge >= 0.3 is 6.03 Å². The molecule has 2 heterocycles. The molecule has 0 saturated carbocycles. The van der Waals surface area contributed by atoms with Crippen LogP contribution >= 0.6 is 11.8 Å². The summed E-state index contributed by atoms with van der Waals surface area (Å²) in [6.07, 6.45) is 7.10. The summed E-state index contributed by atoms with van der Waals surface area (Å²) in [7, 11) is 1.93. The van der Waals surface area contributed by atoms with Crippen LogP contribution in [-0.2, 0) is 12.8 Å². The van der Waals surface area contributed by atoms with Gasteiger partial charge in [0.2, 0.25) is 0 Å². The molecule has 0 aliphatic rings. The van der Waals surface area contributed by atoms with Crippen molar-refractivity contribution in [3.63, 3.8) is 0 Å². The first-order valence-electron chi connectivity index (χ1n) is 8.95. The molecule has 2 amide bonds. The molecule has 142 valence electrons. The number of urea groups is 1. The molecule has 0 radical (unpaired) electrons. The van der Waals surface area contributed by atoms with Crippen LogP contribution in [0.4, 0.5) is 10.5 Å². The molecule has 27 heavy (non-hydrogen) atoms. The fraction of sp³-hybridized carbons (Fsp3) is 0.300. The molecule has 0 spiro atoms. The van der Waals surface area contributed by atoms with Gasteiger partial charge in [-0.2, -0.15) is 0 Å². The number of carbonyl (C=O) groups excluding carboxylic acids is 1. The summed E-state index contributed by atoms with van der Waals surface area (Å²) in [5.41, 5.74) is 0.755. The van der Waals surface area contributed by atoms with Crippen molar-refractivity contribution in [3.05, 3.63) is 66.6 Å². The summed E-state index contributed by atoms with van der Waals surface area (Å²) >= 11 is 1.69. The van der Waals surface area contributed by atoms with E-state index in [1.54, 1.807) is 24.2 Å². The topological polar surface area (TPSA) is 72.1 Å². The van der Waals surface area contributed by atoms with E-state index in [0.29, 0.717) is 0 Å². The van der Waals surface area contributed by atoms with Gasteiger partial charge in [-0.1, -0.05) is 13.3 Å². The average molecular weight is 385 g/mol. The predicted molar refractivity (Wildman–Crippen MR) is 108 cm³/mol. The second kappa shape index (κ2) is 9.32. The van der Waals surface area contributed by atoms with Crippen LogP contribution in [0, 0.1) is 0 Å². The molecule has 7 heteroatoms. The number of carbonyl (C=O) groups is 1. The Morgan fingerprint density at radius 2 is 2.11 bits per heavy atom. The highest BCUT2D eigenvalue weighted by Gasteiger charge is 2.17. The minimum absolute atomic E-state index is 0.113. The Morgan fingerprint density at radius 3 is 2.74 bits per heavy atom. The molecular formula is C20H24N4O2S. The SMILES string of the molecule is CCC[C@H](NC(=O)Nc1ccc(SCc2ccco2)cc1)c1nccn1C. The molecule has 0 aliphatic carbocycles. The summed E-state index contributed by atoms with van der Waals surface area (Å²) in [4.78, 5) is 17.9. The van der Waals surface area contributed by atoms with Gasteiger partial charge in [0.15, 0.2) is 0 Å². The quantitative estimate of drug-likeness (QED) is 0.538. The third-order valence-corrected chi connectivity index (χ3v) is 5.16. The van der Waals surface area contributed by atoms with Crippen molar-refractivity contribution in [2.24, 2.45) is 7.05 Å². The Morgan fingerprint density at radius 1 is 1.30 bits per heavy atom. The summed E-state index contributed by atoms with van der Waals surface area (Å²) in [5.74, 6) is 2.58. The van der Waals surface area contributed by atoms with Gasteiger partial charge < -0.3 is 19.6 Å². The number of amides is 2. The van der Waals surface area contributed by atoms with Gasteiger partial charge in [0.05, 0.1) is 18.1 Å². The number of thioether (sulfide) groups is 1. The third-order valence-electron chi connectivity index (χ3n) is 4.13. The first-order valence-corrected chi connectivity index (χ1v) is 9.94. The highest BCUT2D eigenvalue weighted by molar-refractivity contribution is 7.98. The lowest BCUT2D eigenvalue weighted by Crippen LogP contribution is -2.33. The Hall–Kier alpha value is -2.67. The Bertz CT molecular complexity index is 843. The highest BCUT2D eigenvalue weighted by atomic mass is 32.2. The number of rotatable bonds is 8. The van der Waals surface area contributed by atoms with Crippen LogP contribution in [0.1, 0.15) is 37.4 Å². The Balaban J connectivity index is 1.54. The summed E-state index contributed by atoms with van der Waals surface area (Å²) in [5, 5.41) is 5.91. The second-order valence-electron chi connectivity index (χ2n) is 6.23. The third kappa shape index (κ3) is 5.40. The normalized spacial score (nSPS) is 11.9. The van der Waals surface area contributed by atoms with E-state index in [1.807, 2.05) is 54.2 Å². The number of nitrogens with zero attached hydrogens (tertiary/aromatic N) is 2. The van der Waals surface area contributed by atoms with Crippen molar-refractivity contribution in [1.29, 1.82) is 0 Å². The van der Waals surface area contributed by atoms with Crippen LogP contribution < -0.4 is 10.6 Å². The zero-order valence-electron chi connectivity index (χ0n) is 15.5. The van der Waals surface area contributed by atoms with Gasteiger partial charge in [0.1, 0.15) is 11.6 Å². The van der Waals surface area contributed by atoms with Crippen molar-refractivity contribution in [1.82, 2.24) is 14.9 Å². The minimum atomic E-state index is -0.229. The zero-order chi connectivity index (χ0) is 19.1. The molecule has 1 atom stereocenters. The summed E-state index contributed by atoms with van der Waals surface area (Å²) < 4.78 is 7.27. The van der Waals surface area contributed by atoms with Crippen LogP contribution in [-0.4, -0.2) is 15.6 Å². The summed E-state index contributed by atoms with van der Waals surface area (Å²) in [6, 6.07) is 11.3. The largest absolute Gasteiger partial charge is 0.468 e. The van der Waals surface area contributed by atoms with Gasteiger partial charge in [-0.3, -0.25) is 0 Å². The van der Waals surface area contributed by atoms with Crippen LogP contribution in [0.2, 0.25) is 0 Å². The van der Waals surface area contributed by atoms with E-state index < -0.39 is 0 Å². The predicted octanol–water partition coefficient (Wildman–Crippen LogP) is 4.97. The molecule has 6 nitrogen and oxygen atoms in total. The number of imidazole rings is 1. The maximum absolute atomic E-state index is 12.4. The average Bonchev–Trinajstić information content (AvgIpc) is 3.32. The number of hydrogen-bond donors (Lipinski definition) is 2. The first kappa shape index (κ1) is 19.1. The molecule has 1 aromatic carbocycles. The van der Waals surface area contributed by atoms with Crippen molar-refractivity contribution >= 4 is 23.5 Å². The number of furan rings is 1. The van der Waals surface area contributed by atoms with Crippen LogP contribution in [0.3, 0.4) is 0 Å². The van der Waals surface area contributed by atoms with Crippen molar-refractivity contribution < 1.29 is 9.21 Å². The molecule has 2 N–H and O–H groups in total. The van der Waals surface area contributed by atoms with Crippen molar-refractivity contribution in [2.75, 3.05) is 5.32 Å². The molecule has 0 aliphatic heterocycles. The fourth-order valence-corrected chi connectivity index (χ4v) is 3.58. The van der Waals surface area contributed by atoms with Crippen LogP contribution in [0.25, 0.3) is 0 Å². The molecule has 0 bridgehead atoms. The molecule has 3 aromatic rings. The number of hydrogen-bond acceptors (Lipinski definition) is 4. The lowest BCUT2D eigenvalue weighted by Gasteiger charge is -2.18. The number of nitrogens with one attached hydrogen (secondary N) is 2. The highest BCUT2D eigenvalue weighted by Crippen LogP contribution is 2.24. The maximum Gasteiger partial charge on any atom is 0.319 e. The molecule has 3 rings (SSSR count). The number of anilines is 1. The molecule has 2 aromatic heterocycles. The lowest BCUT2D eigenvalue weighted by molar-refractivity contribution is 0.247. The van der Waals surface area contributed by atoms with E-state index in [0.717, 1.165) is 40.8 Å². The zero-order valence-corrected chi connectivity index (χ0v) is 16.3. The number of benzene rings is 1. The van der Waals surface area contributed by atoms with E-state index in [-0.39, 0.29) is 12.1 Å². The molecule has 0 unspecified atom stereocenters. The Kier molecular flexibility index (Phi) is 6.59. The standard InChI is InChI=1S/C20H24N4O2S/c1-3-5-18(19-21-11-12-24(19)2)23-20(25)22-15-7-9-17(10-8-15)27-14-16-6-4-13-26-16/h4,6-13,18H,3,5,14H2,1-2H3,(H2,22,23,25)/t18-/m0/s1. The summed E-state index contributed by atoms with van der Waals surface area (Å²) in [6.45, 7) is 2.09. The monoisotopic (exact) mass is 384 g/mol. The Labute approximate surface area is 163 Å². The number of aromatic nitrogens is 2. The van der Waals surface area contributed by atoms with Crippen molar-refractivity contribution in [3.8, 4) is 0 Å². The fourth-order valence-electron chi connectivity index (χ4n) is 2.78. The molecule has 0 fully saturated rings.